The zero-order valence-corrected chi connectivity index (χ0v) is 17.2. The van der Waals surface area contributed by atoms with Crippen LogP contribution in [0.1, 0.15) is 29.3 Å². The van der Waals surface area contributed by atoms with E-state index in [1.54, 1.807) is 17.0 Å². The molecule has 0 spiro atoms. The zero-order chi connectivity index (χ0) is 22.4. The standard InChI is InChI=1S/C23H22N4O5/c28-10-4-9-25-13-20(29)26-19(23(25)30)12-17-16-7-1-2-8-18(16)24-21(17)22(26)14-5-3-6-15(11-14)27(31)32/h1-3,5-8,11,19,22,24,28H,4,9-10,12-13H2/t19-,22?/m0/s1. The van der Waals surface area contributed by atoms with E-state index in [9.17, 15) is 24.8 Å². The lowest BCUT2D eigenvalue weighted by Crippen LogP contribution is -2.63. The molecule has 2 aromatic carbocycles. The number of amides is 2. The predicted molar refractivity (Wildman–Crippen MR) is 116 cm³/mol. The summed E-state index contributed by atoms with van der Waals surface area (Å²) in [6, 6.07) is 12.7. The van der Waals surface area contributed by atoms with Gasteiger partial charge in [-0.1, -0.05) is 30.3 Å². The Bertz CT molecular complexity index is 1240. The van der Waals surface area contributed by atoms with Gasteiger partial charge in [0.1, 0.15) is 6.04 Å². The number of nitro groups is 1. The number of rotatable bonds is 5. The molecule has 2 aliphatic heterocycles. The molecule has 3 heterocycles. The van der Waals surface area contributed by atoms with Crippen LogP contribution < -0.4 is 0 Å². The molecule has 9 heteroatoms. The highest BCUT2D eigenvalue weighted by molar-refractivity contribution is 5.97. The van der Waals surface area contributed by atoms with E-state index in [1.165, 1.54) is 17.0 Å². The number of aromatic amines is 1. The minimum Gasteiger partial charge on any atom is -0.396 e. The van der Waals surface area contributed by atoms with Crippen LogP contribution in [0.3, 0.4) is 0 Å². The van der Waals surface area contributed by atoms with E-state index in [-0.39, 0.29) is 30.7 Å². The van der Waals surface area contributed by atoms with Crippen LogP contribution in [-0.2, 0) is 16.0 Å². The van der Waals surface area contributed by atoms with Gasteiger partial charge in [-0.2, -0.15) is 0 Å². The molecule has 0 aliphatic carbocycles. The summed E-state index contributed by atoms with van der Waals surface area (Å²) in [4.78, 5) is 44.1. The van der Waals surface area contributed by atoms with Gasteiger partial charge in [0.25, 0.3) is 5.69 Å². The topological polar surface area (TPSA) is 120 Å². The number of nitrogens with zero attached hydrogens (tertiary/aromatic N) is 3. The van der Waals surface area contributed by atoms with E-state index in [0.717, 1.165) is 22.2 Å². The second-order valence-corrected chi connectivity index (χ2v) is 8.18. The molecule has 0 radical (unpaired) electrons. The molecule has 2 atom stereocenters. The highest BCUT2D eigenvalue weighted by Crippen LogP contribution is 2.43. The number of aliphatic hydroxyl groups is 1. The molecule has 9 nitrogen and oxygen atoms in total. The lowest BCUT2D eigenvalue weighted by molar-refractivity contribution is -0.384. The minimum absolute atomic E-state index is 0.0603. The molecule has 1 aromatic heterocycles. The van der Waals surface area contributed by atoms with Crippen LogP contribution in [-0.4, -0.2) is 62.4 Å². The summed E-state index contributed by atoms with van der Waals surface area (Å²) in [6.45, 7) is 0.180. The van der Waals surface area contributed by atoms with Gasteiger partial charge in [0, 0.05) is 48.3 Å². The van der Waals surface area contributed by atoms with Gasteiger partial charge in [0.15, 0.2) is 0 Å². The van der Waals surface area contributed by atoms with Crippen molar-refractivity contribution in [2.45, 2.75) is 24.9 Å². The van der Waals surface area contributed by atoms with Gasteiger partial charge >= 0.3 is 0 Å². The molecule has 1 saturated heterocycles. The fourth-order valence-electron chi connectivity index (χ4n) is 4.93. The van der Waals surface area contributed by atoms with Crippen molar-refractivity contribution >= 4 is 28.4 Å². The summed E-state index contributed by atoms with van der Waals surface area (Å²) >= 11 is 0. The Morgan fingerprint density at radius 3 is 2.75 bits per heavy atom. The van der Waals surface area contributed by atoms with Crippen LogP contribution in [0.15, 0.2) is 48.5 Å². The smallest absolute Gasteiger partial charge is 0.269 e. The number of carbonyl (C=O) groups is 2. The molecule has 1 fully saturated rings. The zero-order valence-electron chi connectivity index (χ0n) is 17.2. The van der Waals surface area contributed by atoms with Crippen molar-refractivity contribution in [2.75, 3.05) is 19.7 Å². The van der Waals surface area contributed by atoms with Crippen molar-refractivity contribution in [3.8, 4) is 0 Å². The van der Waals surface area contributed by atoms with Gasteiger partial charge in [0.2, 0.25) is 11.8 Å². The third-order valence-corrected chi connectivity index (χ3v) is 6.33. The lowest BCUT2D eigenvalue weighted by Gasteiger charge is -2.47. The monoisotopic (exact) mass is 434 g/mol. The Kier molecular flexibility index (Phi) is 4.90. The van der Waals surface area contributed by atoms with Gasteiger partial charge in [-0.05, 0) is 23.6 Å². The number of nitrogens with one attached hydrogen (secondary N) is 1. The summed E-state index contributed by atoms with van der Waals surface area (Å²) in [7, 11) is 0. The van der Waals surface area contributed by atoms with Gasteiger partial charge in [0.05, 0.1) is 17.5 Å². The second-order valence-electron chi connectivity index (χ2n) is 8.18. The van der Waals surface area contributed by atoms with E-state index in [4.69, 9.17) is 0 Å². The number of non-ortho nitro benzene ring substituents is 1. The Morgan fingerprint density at radius 2 is 1.97 bits per heavy atom. The van der Waals surface area contributed by atoms with Gasteiger partial charge < -0.3 is 19.9 Å². The largest absolute Gasteiger partial charge is 0.396 e. The summed E-state index contributed by atoms with van der Waals surface area (Å²) in [6.07, 6.45) is 0.767. The number of hydrogen-bond acceptors (Lipinski definition) is 5. The van der Waals surface area contributed by atoms with E-state index < -0.39 is 17.0 Å². The van der Waals surface area contributed by atoms with E-state index >= 15 is 0 Å². The molecule has 2 N–H and O–H groups in total. The molecule has 1 unspecified atom stereocenters. The minimum atomic E-state index is -0.703. The molecule has 2 amide bonds. The van der Waals surface area contributed by atoms with E-state index in [2.05, 4.69) is 4.98 Å². The summed E-state index contributed by atoms with van der Waals surface area (Å²) in [5.41, 5.74) is 3.14. The molecular formula is C23H22N4O5. The average Bonchev–Trinajstić information content (AvgIpc) is 3.17. The Morgan fingerprint density at radius 1 is 1.16 bits per heavy atom. The summed E-state index contributed by atoms with van der Waals surface area (Å²) < 4.78 is 0. The van der Waals surface area contributed by atoms with Crippen molar-refractivity contribution in [2.24, 2.45) is 0 Å². The number of aromatic nitrogens is 1. The first kappa shape index (κ1) is 20.2. The number of H-pyrrole nitrogens is 1. The molecule has 32 heavy (non-hydrogen) atoms. The average molecular weight is 434 g/mol. The molecule has 164 valence electrons. The highest BCUT2D eigenvalue weighted by Gasteiger charge is 2.48. The number of para-hydroxylation sites is 1. The van der Waals surface area contributed by atoms with Crippen LogP contribution in [0.5, 0.6) is 0 Å². The third-order valence-electron chi connectivity index (χ3n) is 6.33. The fraction of sp³-hybridized carbons (Fsp3) is 0.304. The normalized spacial score (nSPS) is 20.4. The summed E-state index contributed by atoms with van der Waals surface area (Å²) in [5, 5.41) is 21.5. The number of fused-ring (bicyclic) bond motifs is 4. The predicted octanol–water partition coefficient (Wildman–Crippen LogP) is 2.14. The number of nitro benzene ring substituents is 1. The Hall–Kier alpha value is -3.72. The SMILES string of the molecule is O=C1[C@@H]2Cc3c([nH]c4ccccc34)C(c3cccc([N+](=O)[O-])c3)N2C(=O)CN1CCCO. The van der Waals surface area contributed by atoms with Crippen LogP contribution >= 0.6 is 0 Å². The number of aliphatic hydroxyl groups excluding tert-OH is 1. The van der Waals surface area contributed by atoms with Crippen molar-refractivity contribution < 1.29 is 19.6 Å². The molecular weight excluding hydrogens is 412 g/mol. The molecule has 0 bridgehead atoms. The van der Waals surface area contributed by atoms with E-state index in [1.807, 2.05) is 24.3 Å². The molecule has 0 saturated carbocycles. The lowest BCUT2D eigenvalue weighted by atomic mass is 9.86. The van der Waals surface area contributed by atoms with Gasteiger partial charge in [-0.25, -0.2) is 0 Å². The third kappa shape index (κ3) is 3.13. The van der Waals surface area contributed by atoms with E-state index in [0.29, 0.717) is 24.9 Å². The van der Waals surface area contributed by atoms with Crippen LogP contribution in [0.2, 0.25) is 0 Å². The van der Waals surface area contributed by atoms with Crippen LogP contribution in [0.25, 0.3) is 10.9 Å². The molecule has 5 rings (SSSR count). The van der Waals surface area contributed by atoms with Crippen LogP contribution in [0.4, 0.5) is 5.69 Å². The maximum atomic E-state index is 13.4. The quantitative estimate of drug-likeness (QED) is 0.471. The fourth-order valence-corrected chi connectivity index (χ4v) is 4.93. The molecule has 2 aliphatic rings. The first-order valence-electron chi connectivity index (χ1n) is 10.5. The van der Waals surface area contributed by atoms with Crippen molar-refractivity contribution in [1.29, 1.82) is 0 Å². The maximum absolute atomic E-state index is 13.4. The van der Waals surface area contributed by atoms with Crippen molar-refractivity contribution in [3.63, 3.8) is 0 Å². The van der Waals surface area contributed by atoms with Crippen LogP contribution in [0, 0.1) is 10.1 Å². The Labute approximate surface area is 183 Å². The maximum Gasteiger partial charge on any atom is 0.269 e. The first-order chi connectivity index (χ1) is 15.5. The number of benzene rings is 2. The first-order valence-corrected chi connectivity index (χ1v) is 10.5. The summed E-state index contributed by atoms with van der Waals surface area (Å²) in [5.74, 6) is -0.377. The van der Waals surface area contributed by atoms with Crippen molar-refractivity contribution in [1.82, 2.24) is 14.8 Å². The van der Waals surface area contributed by atoms with Gasteiger partial charge in [-0.3, -0.25) is 19.7 Å². The van der Waals surface area contributed by atoms with Gasteiger partial charge in [-0.15, -0.1) is 0 Å². The van der Waals surface area contributed by atoms with Crippen molar-refractivity contribution in [3.05, 3.63) is 75.5 Å². The number of hydrogen-bond donors (Lipinski definition) is 2. The second kappa shape index (κ2) is 7.76. The number of piperazine rings is 1. The number of carbonyl (C=O) groups excluding carboxylic acids is 2. The highest BCUT2D eigenvalue weighted by atomic mass is 16.6. The molecule has 3 aromatic rings. The Balaban J connectivity index is 1.68.